The van der Waals surface area contributed by atoms with E-state index in [1.807, 2.05) is 26.8 Å². The summed E-state index contributed by atoms with van der Waals surface area (Å²) in [5.74, 6) is 0.648. The van der Waals surface area contributed by atoms with Gasteiger partial charge in [-0.25, -0.2) is 8.42 Å². The van der Waals surface area contributed by atoms with Gasteiger partial charge in [0.2, 0.25) is 0 Å². The Morgan fingerprint density at radius 1 is 1.04 bits per heavy atom. The van der Waals surface area contributed by atoms with E-state index in [0.29, 0.717) is 43.1 Å². The van der Waals surface area contributed by atoms with E-state index in [1.54, 1.807) is 24.3 Å². The second kappa shape index (κ2) is 18.5. The van der Waals surface area contributed by atoms with E-state index in [-0.39, 0.29) is 59.8 Å². The highest BCUT2D eigenvalue weighted by molar-refractivity contribution is 7.91. The van der Waals surface area contributed by atoms with Gasteiger partial charge in [0.25, 0.3) is 0 Å². The van der Waals surface area contributed by atoms with Crippen molar-refractivity contribution >= 4 is 15.8 Å². The molecule has 1 aromatic rings. The van der Waals surface area contributed by atoms with Gasteiger partial charge < -0.3 is 19.3 Å². The maximum absolute atomic E-state index is 13.5. The minimum atomic E-state index is -3.46. The number of sulfone groups is 1. The summed E-state index contributed by atoms with van der Waals surface area (Å²) in [6, 6.07) is 8.75. The Kier molecular flexibility index (Phi) is 15.6. The van der Waals surface area contributed by atoms with Crippen molar-refractivity contribution in [3.8, 4) is 0 Å². The number of hydrogen-bond donors (Lipinski definition) is 1. The highest BCUT2D eigenvalue weighted by Crippen LogP contribution is 2.42. The van der Waals surface area contributed by atoms with Crippen LogP contribution < -0.4 is 0 Å². The van der Waals surface area contributed by atoms with E-state index in [2.05, 4.69) is 47.8 Å². The Morgan fingerprint density at radius 2 is 1.71 bits per heavy atom. The first-order valence-corrected chi connectivity index (χ1v) is 20.4. The summed E-state index contributed by atoms with van der Waals surface area (Å²) in [6.45, 7) is 25.5. The first-order chi connectivity index (χ1) is 22.9. The number of hydrogen-bond acceptors (Lipinski definition) is 7. The molecule has 2 heterocycles. The van der Waals surface area contributed by atoms with Crippen molar-refractivity contribution in [3.05, 3.63) is 54.6 Å². The lowest BCUT2D eigenvalue weighted by atomic mass is 9.80. The molecular weight excluding hydrogens is 637 g/mol. The molecule has 2 unspecified atom stereocenters. The second-order valence-electron chi connectivity index (χ2n) is 16.3. The van der Waals surface area contributed by atoms with Crippen molar-refractivity contribution < 1.29 is 32.5 Å². The Labute approximate surface area is 298 Å². The highest BCUT2D eigenvalue weighted by Gasteiger charge is 2.44. The molecule has 0 radical (unpaired) electrons. The summed E-state index contributed by atoms with van der Waals surface area (Å²) in [5, 5.41) is 11.0. The number of benzene rings is 1. The quantitative estimate of drug-likeness (QED) is 0.0875. The molecule has 2 fully saturated rings. The zero-order valence-electron chi connectivity index (χ0n) is 31.7. The molecule has 49 heavy (non-hydrogen) atoms. The van der Waals surface area contributed by atoms with Crippen molar-refractivity contribution in [3.63, 3.8) is 0 Å². The number of esters is 1. The molecule has 2 saturated heterocycles. The summed E-state index contributed by atoms with van der Waals surface area (Å²) in [7, 11) is -3.46. The van der Waals surface area contributed by atoms with Gasteiger partial charge in [0.15, 0.2) is 9.84 Å². The van der Waals surface area contributed by atoms with E-state index in [9.17, 15) is 18.3 Å². The van der Waals surface area contributed by atoms with Crippen LogP contribution >= 0.6 is 0 Å². The van der Waals surface area contributed by atoms with Crippen molar-refractivity contribution in [2.75, 3.05) is 12.4 Å². The molecule has 2 aliphatic heterocycles. The van der Waals surface area contributed by atoms with Crippen LogP contribution in [0.25, 0.3) is 0 Å². The Morgan fingerprint density at radius 3 is 2.35 bits per heavy atom. The molecule has 1 aromatic carbocycles. The van der Waals surface area contributed by atoms with Crippen LogP contribution in [0.2, 0.25) is 0 Å². The molecule has 1 N–H and O–H groups in total. The SMILES string of the molecule is C=C1C[C@H](CCCOC(=O)C(C)(C)C)OC1CCC(O)C[C@@H](C)C(=C)[C@H](C)C[C@@H]1O[C@H](C[C@H](C)CC)[C@H](C)[C@H]1CS(=O)(=O)c1ccccc1. The Bertz CT molecular complexity index is 1320. The summed E-state index contributed by atoms with van der Waals surface area (Å²) < 4.78 is 45.3. The third-order valence-electron chi connectivity index (χ3n) is 11.0. The molecule has 0 spiro atoms. The van der Waals surface area contributed by atoms with Crippen LogP contribution in [0.1, 0.15) is 113 Å². The number of aliphatic hydroxyl groups excluding tert-OH is 1. The second-order valence-corrected chi connectivity index (χ2v) is 18.3. The summed E-state index contributed by atoms with van der Waals surface area (Å²) in [6.07, 6.45) is 6.38. The van der Waals surface area contributed by atoms with E-state index in [0.717, 1.165) is 43.3 Å². The number of ether oxygens (including phenoxy) is 3. The molecule has 0 aromatic heterocycles. The van der Waals surface area contributed by atoms with Gasteiger partial charge in [-0.3, -0.25) is 4.79 Å². The van der Waals surface area contributed by atoms with Crippen molar-refractivity contribution in [1.29, 1.82) is 0 Å². The molecule has 0 amide bonds. The molecule has 10 atom stereocenters. The van der Waals surface area contributed by atoms with Crippen LogP contribution in [0.5, 0.6) is 0 Å². The minimum absolute atomic E-state index is 0.0359. The Balaban J connectivity index is 1.50. The van der Waals surface area contributed by atoms with E-state index in [1.165, 1.54) is 0 Å². The third kappa shape index (κ3) is 12.3. The average molecular weight is 703 g/mol. The molecule has 0 bridgehead atoms. The van der Waals surface area contributed by atoms with Gasteiger partial charge in [-0.05, 0) is 114 Å². The van der Waals surface area contributed by atoms with Crippen molar-refractivity contribution in [2.45, 2.75) is 149 Å². The molecule has 0 aliphatic carbocycles. The van der Waals surface area contributed by atoms with Crippen LogP contribution in [-0.4, -0.2) is 62.4 Å². The molecule has 2 aliphatic rings. The van der Waals surface area contributed by atoms with E-state index in [4.69, 9.17) is 14.2 Å². The normalized spacial score (nSPS) is 27.1. The highest BCUT2D eigenvalue weighted by atomic mass is 32.2. The standard InChI is InChI=1S/C41H66O7S/c1-11-27(2)22-38-32(7)36(26-49(44,45)35-17-13-12-14-18-35)39(48-38)25-29(4)31(6)28(3)23-33(42)19-20-37-30(5)24-34(47-37)16-15-21-46-40(43)41(8,9)10/h12-14,17-18,27-29,32-34,36-39,42H,5-6,11,15-16,19-26H2,1-4,7-10H3/t27-,28-,29-,32-,33?,34+,36-,37?,38-,39+/m1/s1. The third-order valence-corrected chi connectivity index (χ3v) is 12.8. The maximum atomic E-state index is 13.5. The number of allylic oxidation sites excluding steroid dienone is 1. The molecule has 7 nitrogen and oxygen atoms in total. The van der Waals surface area contributed by atoms with Crippen LogP contribution in [0.4, 0.5) is 0 Å². The van der Waals surface area contributed by atoms with Gasteiger partial charge in [-0.15, -0.1) is 0 Å². The predicted molar refractivity (Wildman–Crippen MR) is 198 cm³/mol. The lowest BCUT2D eigenvalue weighted by molar-refractivity contribution is -0.153. The summed E-state index contributed by atoms with van der Waals surface area (Å²) in [5.41, 5.74) is 1.64. The summed E-state index contributed by atoms with van der Waals surface area (Å²) in [4.78, 5) is 12.4. The smallest absolute Gasteiger partial charge is 0.311 e. The lowest BCUT2D eigenvalue weighted by Gasteiger charge is -2.28. The van der Waals surface area contributed by atoms with Gasteiger partial charge in [0.05, 0.1) is 53.2 Å². The van der Waals surface area contributed by atoms with Crippen LogP contribution in [-0.2, 0) is 28.8 Å². The topological polar surface area (TPSA) is 99.1 Å². The van der Waals surface area contributed by atoms with E-state index < -0.39 is 21.4 Å². The average Bonchev–Trinajstić information content (AvgIpc) is 3.54. The van der Waals surface area contributed by atoms with Crippen molar-refractivity contribution in [1.82, 2.24) is 0 Å². The fourth-order valence-corrected chi connectivity index (χ4v) is 9.09. The Hall–Kier alpha value is -2.00. The monoisotopic (exact) mass is 702 g/mol. The first-order valence-electron chi connectivity index (χ1n) is 18.7. The fraction of sp³-hybridized carbons (Fsp3) is 0.732. The van der Waals surface area contributed by atoms with Crippen molar-refractivity contribution in [2.24, 2.45) is 35.0 Å². The van der Waals surface area contributed by atoms with Gasteiger partial charge in [-0.1, -0.05) is 78.0 Å². The van der Waals surface area contributed by atoms with Crippen LogP contribution in [0.15, 0.2) is 59.5 Å². The minimum Gasteiger partial charge on any atom is -0.465 e. The van der Waals surface area contributed by atoms with E-state index >= 15 is 0 Å². The van der Waals surface area contributed by atoms with Crippen LogP contribution in [0.3, 0.4) is 0 Å². The number of aliphatic hydroxyl groups is 1. The van der Waals surface area contributed by atoms with Crippen LogP contribution in [0, 0.1) is 35.0 Å². The van der Waals surface area contributed by atoms with Gasteiger partial charge in [-0.2, -0.15) is 0 Å². The molecule has 0 saturated carbocycles. The number of rotatable bonds is 19. The molecular formula is C41H66O7S. The maximum Gasteiger partial charge on any atom is 0.311 e. The van der Waals surface area contributed by atoms with Gasteiger partial charge >= 0.3 is 5.97 Å². The zero-order valence-corrected chi connectivity index (χ0v) is 32.5. The lowest BCUT2D eigenvalue weighted by Crippen LogP contribution is -2.30. The fourth-order valence-electron chi connectivity index (χ4n) is 7.31. The number of carbonyl (C=O) groups excluding carboxylic acids is 1. The number of carbonyl (C=O) groups is 1. The summed E-state index contributed by atoms with van der Waals surface area (Å²) >= 11 is 0. The van der Waals surface area contributed by atoms with Gasteiger partial charge in [0.1, 0.15) is 0 Å². The molecule has 278 valence electrons. The predicted octanol–water partition coefficient (Wildman–Crippen LogP) is 8.75. The first kappa shape index (κ1) is 41.4. The van der Waals surface area contributed by atoms with Gasteiger partial charge in [0, 0.05) is 5.92 Å². The molecule has 8 heteroatoms. The largest absolute Gasteiger partial charge is 0.465 e. The molecule has 3 rings (SSSR count). The zero-order chi connectivity index (χ0) is 36.5.